The minimum Gasteiger partial charge on any atom is -0.358 e. The van der Waals surface area contributed by atoms with Crippen LogP contribution < -0.4 is 10.6 Å². The Labute approximate surface area is 161 Å². The molecule has 25 heavy (non-hydrogen) atoms. The second-order valence-electron chi connectivity index (χ2n) is 6.00. The highest BCUT2D eigenvalue weighted by Crippen LogP contribution is 2.17. The molecule has 0 aromatic heterocycles. The summed E-state index contributed by atoms with van der Waals surface area (Å²) < 4.78 is 1.03. The molecule has 1 aliphatic heterocycles. The van der Waals surface area contributed by atoms with Gasteiger partial charge in [-0.3, -0.25) is 4.79 Å². The van der Waals surface area contributed by atoms with Crippen LogP contribution in [0.2, 0.25) is 0 Å². The van der Waals surface area contributed by atoms with Crippen LogP contribution >= 0.6 is 28.1 Å². The zero-order valence-corrected chi connectivity index (χ0v) is 16.2. The number of benzene rings is 2. The largest absolute Gasteiger partial charge is 0.358 e. The van der Waals surface area contributed by atoms with Crippen molar-refractivity contribution < 1.29 is 4.79 Å². The third-order valence-electron chi connectivity index (χ3n) is 4.19. The van der Waals surface area contributed by atoms with E-state index in [9.17, 15) is 4.79 Å². The van der Waals surface area contributed by atoms with Crippen molar-refractivity contribution in [2.75, 3.05) is 11.9 Å². The van der Waals surface area contributed by atoms with E-state index in [-0.39, 0.29) is 5.91 Å². The van der Waals surface area contributed by atoms with Gasteiger partial charge in [0.15, 0.2) is 5.11 Å². The third kappa shape index (κ3) is 5.03. The van der Waals surface area contributed by atoms with Crippen LogP contribution in [-0.4, -0.2) is 22.5 Å². The highest BCUT2D eigenvalue weighted by Gasteiger charge is 2.20. The molecule has 6 heteroatoms. The number of anilines is 1. The first-order valence-corrected chi connectivity index (χ1v) is 9.47. The van der Waals surface area contributed by atoms with Gasteiger partial charge in [-0.1, -0.05) is 40.2 Å². The lowest BCUT2D eigenvalue weighted by Crippen LogP contribution is -2.29. The molecule has 0 bridgehead atoms. The highest BCUT2D eigenvalue weighted by atomic mass is 79.9. The zero-order valence-electron chi connectivity index (χ0n) is 13.8. The van der Waals surface area contributed by atoms with Gasteiger partial charge in [0.05, 0.1) is 0 Å². The average molecular weight is 418 g/mol. The molecule has 130 valence electrons. The van der Waals surface area contributed by atoms with Crippen molar-refractivity contribution >= 4 is 44.9 Å². The monoisotopic (exact) mass is 417 g/mol. The lowest BCUT2D eigenvalue weighted by molar-refractivity contribution is -0.128. The summed E-state index contributed by atoms with van der Waals surface area (Å²) in [4.78, 5) is 13.8. The van der Waals surface area contributed by atoms with Crippen LogP contribution in [0.4, 0.5) is 5.69 Å². The molecule has 4 nitrogen and oxygen atoms in total. The number of hydrogen-bond acceptors (Lipinski definition) is 2. The summed E-state index contributed by atoms with van der Waals surface area (Å²) in [5.41, 5.74) is 3.26. The average Bonchev–Trinajstić information content (AvgIpc) is 3.01. The second kappa shape index (κ2) is 8.45. The smallest absolute Gasteiger partial charge is 0.222 e. The first-order valence-electron chi connectivity index (χ1n) is 8.27. The van der Waals surface area contributed by atoms with Crippen LogP contribution in [-0.2, 0) is 17.9 Å². The Kier molecular flexibility index (Phi) is 6.04. The van der Waals surface area contributed by atoms with Crippen LogP contribution in [0.1, 0.15) is 24.0 Å². The Morgan fingerprint density at radius 2 is 1.84 bits per heavy atom. The molecule has 1 fully saturated rings. The fourth-order valence-corrected chi connectivity index (χ4v) is 3.30. The number of likely N-dealkylation sites (tertiary alicyclic amines) is 1. The van der Waals surface area contributed by atoms with E-state index in [2.05, 4.69) is 38.7 Å². The van der Waals surface area contributed by atoms with Crippen LogP contribution in [0.3, 0.4) is 0 Å². The summed E-state index contributed by atoms with van der Waals surface area (Å²) in [5, 5.41) is 7.00. The van der Waals surface area contributed by atoms with Crippen LogP contribution in [0.15, 0.2) is 53.0 Å². The Hall–Kier alpha value is -1.92. The summed E-state index contributed by atoms with van der Waals surface area (Å²) in [7, 11) is 0. The molecule has 2 aromatic rings. The maximum Gasteiger partial charge on any atom is 0.222 e. The number of halogens is 1. The molecule has 1 heterocycles. The van der Waals surface area contributed by atoms with Crippen molar-refractivity contribution in [1.82, 2.24) is 10.2 Å². The first-order chi connectivity index (χ1) is 12.1. The Morgan fingerprint density at radius 3 is 2.52 bits per heavy atom. The van der Waals surface area contributed by atoms with Gasteiger partial charge in [0.2, 0.25) is 5.91 Å². The lowest BCUT2D eigenvalue weighted by atomic mass is 10.1. The number of amides is 1. The Morgan fingerprint density at radius 1 is 1.12 bits per heavy atom. The van der Waals surface area contributed by atoms with Crippen molar-refractivity contribution in [2.45, 2.75) is 25.9 Å². The predicted molar refractivity (Wildman–Crippen MR) is 108 cm³/mol. The number of hydrogen-bond donors (Lipinski definition) is 2. The molecule has 0 radical (unpaired) electrons. The van der Waals surface area contributed by atoms with Crippen LogP contribution in [0.25, 0.3) is 0 Å². The summed E-state index contributed by atoms with van der Waals surface area (Å²) in [5.74, 6) is 0.246. The molecule has 0 aliphatic carbocycles. The fourth-order valence-electron chi connectivity index (χ4n) is 2.85. The van der Waals surface area contributed by atoms with Gasteiger partial charge < -0.3 is 15.5 Å². The normalized spacial score (nSPS) is 13.8. The third-order valence-corrected chi connectivity index (χ3v) is 4.97. The van der Waals surface area contributed by atoms with Crippen molar-refractivity contribution in [3.05, 3.63) is 64.1 Å². The van der Waals surface area contributed by atoms with Gasteiger partial charge in [-0.15, -0.1) is 0 Å². The number of carbonyl (C=O) groups is 1. The minimum absolute atomic E-state index is 0.246. The topological polar surface area (TPSA) is 44.4 Å². The molecular weight excluding hydrogens is 398 g/mol. The Balaban J connectivity index is 1.58. The predicted octanol–water partition coefficient (Wildman–Crippen LogP) is 4.06. The molecule has 2 aromatic carbocycles. The van der Waals surface area contributed by atoms with E-state index < -0.39 is 0 Å². The van der Waals surface area contributed by atoms with Crippen molar-refractivity contribution in [1.29, 1.82) is 0 Å². The van der Waals surface area contributed by atoms with Gasteiger partial charge in [0, 0.05) is 36.2 Å². The summed E-state index contributed by atoms with van der Waals surface area (Å²) in [6.07, 6.45) is 1.63. The van der Waals surface area contributed by atoms with Gasteiger partial charge in [-0.2, -0.15) is 0 Å². The van der Waals surface area contributed by atoms with Crippen LogP contribution in [0.5, 0.6) is 0 Å². The zero-order chi connectivity index (χ0) is 17.6. The number of carbonyl (C=O) groups excluding carboxylic acids is 1. The number of rotatable bonds is 5. The molecule has 0 atom stereocenters. The number of nitrogens with zero attached hydrogens (tertiary/aromatic N) is 1. The maximum absolute atomic E-state index is 11.9. The SMILES string of the molecule is O=C1CCCN1Cc1ccccc1CNC(=S)Nc1ccc(Br)cc1. The number of thiocarbonyl (C=S) groups is 1. The van der Waals surface area contributed by atoms with E-state index in [0.29, 0.717) is 24.6 Å². The van der Waals surface area contributed by atoms with Crippen molar-refractivity contribution in [2.24, 2.45) is 0 Å². The quantitative estimate of drug-likeness (QED) is 0.719. The van der Waals surface area contributed by atoms with Gasteiger partial charge in [0.25, 0.3) is 0 Å². The fraction of sp³-hybridized carbons (Fsp3) is 0.263. The van der Waals surface area contributed by atoms with E-state index in [0.717, 1.165) is 34.3 Å². The lowest BCUT2D eigenvalue weighted by Gasteiger charge is -2.19. The molecule has 0 saturated carbocycles. The molecule has 3 rings (SSSR count). The molecule has 1 amide bonds. The van der Waals surface area contributed by atoms with Crippen LogP contribution in [0, 0.1) is 0 Å². The highest BCUT2D eigenvalue weighted by molar-refractivity contribution is 9.10. The minimum atomic E-state index is 0.246. The standard InChI is InChI=1S/C19H20BrN3OS/c20-16-7-9-17(10-8-16)22-19(25)21-12-14-4-1-2-5-15(14)13-23-11-3-6-18(23)24/h1-2,4-5,7-10H,3,6,11-13H2,(H2,21,22,25). The van der Waals surface area contributed by atoms with Gasteiger partial charge in [-0.05, 0) is 54.0 Å². The first kappa shape index (κ1) is 17.9. The van der Waals surface area contributed by atoms with Gasteiger partial charge in [-0.25, -0.2) is 0 Å². The van der Waals surface area contributed by atoms with E-state index in [4.69, 9.17) is 12.2 Å². The maximum atomic E-state index is 11.9. The molecule has 0 unspecified atom stereocenters. The van der Waals surface area contributed by atoms with Crippen molar-refractivity contribution in [3.63, 3.8) is 0 Å². The van der Waals surface area contributed by atoms with E-state index >= 15 is 0 Å². The molecule has 0 spiro atoms. The van der Waals surface area contributed by atoms with E-state index in [1.54, 1.807) is 0 Å². The summed E-state index contributed by atoms with van der Waals surface area (Å²) in [6, 6.07) is 16.0. The van der Waals surface area contributed by atoms with E-state index in [1.165, 1.54) is 0 Å². The number of nitrogens with one attached hydrogen (secondary N) is 2. The van der Waals surface area contributed by atoms with Gasteiger partial charge in [0.1, 0.15) is 0 Å². The summed E-state index contributed by atoms with van der Waals surface area (Å²) >= 11 is 8.79. The molecule has 2 N–H and O–H groups in total. The molecule has 1 saturated heterocycles. The second-order valence-corrected chi connectivity index (χ2v) is 7.33. The van der Waals surface area contributed by atoms with Crippen molar-refractivity contribution in [3.8, 4) is 0 Å². The summed E-state index contributed by atoms with van der Waals surface area (Å²) in [6.45, 7) is 2.15. The molecule has 1 aliphatic rings. The van der Waals surface area contributed by atoms with E-state index in [1.807, 2.05) is 41.3 Å². The molecular formula is C19H20BrN3OS. The Bertz CT molecular complexity index is 764. The van der Waals surface area contributed by atoms with Gasteiger partial charge >= 0.3 is 0 Å².